The molecule has 1 aliphatic rings. The second kappa shape index (κ2) is 9.33. The topological polar surface area (TPSA) is 80.2 Å². The Labute approximate surface area is 200 Å². The molecule has 1 unspecified atom stereocenters. The van der Waals surface area contributed by atoms with E-state index >= 15 is 0 Å². The van der Waals surface area contributed by atoms with Crippen LogP contribution in [0.25, 0.3) is 21.5 Å². The average molecular weight is 480 g/mol. The summed E-state index contributed by atoms with van der Waals surface area (Å²) >= 11 is 7.50. The molecule has 3 heterocycles. The number of benzene rings is 2. The largest absolute Gasteiger partial charge is 0.497 e. The van der Waals surface area contributed by atoms with E-state index in [0.717, 1.165) is 52.4 Å². The lowest BCUT2D eigenvalue weighted by atomic mass is 9.97. The number of anilines is 2. The standard InChI is InChI=1S/C24H22ClN5O2S/c1-32-18-7-4-15(5-8-18)20-12-22(27-14-26-20)30-10-2-3-16(13-30)23(31)29-24-28-19-9-6-17(25)11-21(19)33-24/h4-9,11-12,14,16H,2-3,10,13H2,1H3,(H,28,29,31). The molecule has 2 aromatic carbocycles. The third-order valence-corrected chi connectivity index (χ3v) is 6.90. The number of thiazole rings is 1. The van der Waals surface area contributed by atoms with Gasteiger partial charge in [-0.05, 0) is 55.3 Å². The lowest BCUT2D eigenvalue weighted by molar-refractivity contribution is -0.120. The van der Waals surface area contributed by atoms with Crippen molar-refractivity contribution in [1.29, 1.82) is 0 Å². The smallest absolute Gasteiger partial charge is 0.231 e. The molecule has 9 heteroatoms. The number of amides is 1. The van der Waals surface area contributed by atoms with E-state index < -0.39 is 0 Å². The number of halogens is 1. The molecule has 5 rings (SSSR count). The van der Waals surface area contributed by atoms with Gasteiger partial charge in [-0.25, -0.2) is 15.0 Å². The van der Waals surface area contributed by atoms with Crippen molar-refractivity contribution in [2.45, 2.75) is 12.8 Å². The zero-order chi connectivity index (χ0) is 22.8. The fraction of sp³-hybridized carbons (Fsp3) is 0.250. The summed E-state index contributed by atoms with van der Waals surface area (Å²) in [4.78, 5) is 28.6. The van der Waals surface area contributed by atoms with E-state index in [1.807, 2.05) is 42.5 Å². The van der Waals surface area contributed by atoms with Crippen molar-refractivity contribution >= 4 is 50.0 Å². The van der Waals surface area contributed by atoms with Crippen LogP contribution >= 0.6 is 22.9 Å². The highest BCUT2D eigenvalue weighted by Crippen LogP contribution is 2.30. The van der Waals surface area contributed by atoms with Gasteiger partial charge in [0.15, 0.2) is 5.13 Å². The Morgan fingerprint density at radius 1 is 1.18 bits per heavy atom. The zero-order valence-electron chi connectivity index (χ0n) is 18.0. The van der Waals surface area contributed by atoms with Gasteiger partial charge in [0.2, 0.25) is 5.91 Å². The Hall–Kier alpha value is -3.23. The molecular formula is C24H22ClN5O2S. The lowest BCUT2D eigenvalue weighted by Gasteiger charge is -2.32. The lowest BCUT2D eigenvalue weighted by Crippen LogP contribution is -2.41. The summed E-state index contributed by atoms with van der Waals surface area (Å²) in [7, 11) is 1.65. The first kappa shape index (κ1) is 21.6. The SMILES string of the molecule is COc1ccc(-c2cc(N3CCCC(C(=O)Nc4nc5ccc(Cl)cc5s4)C3)ncn2)cc1. The summed E-state index contributed by atoms with van der Waals surface area (Å²) in [6, 6.07) is 15.3. The molecule has 0 radical (unpaired) electrons. The summed E-state index contributed by atoms with van der Waals surface area (Å²) < 4.78 is 6.19. The molecule has 1 saturated heterocycles. The van der Waals surface area contributed by atoms with Crippen molar-refractivity contribution in [1.82, 2.24) is 15.0 Å². The third kappa shape index (κ3) is 4.77. The van der Waals surface area contributed by atoms with Crippen molar-refractivity contribution in [3.8, 4) is 17.0 Å². The second-order valence-corrected chi connectivity index (χ2v) is 9.36. The molecule has 4 aromatic rings. The van der Waals surface area contributed by atoms with E-state index in [4.69, 9.17) is 16.3 Å². The quantitative estimate of drug-likeness (QED) is 0.420. The minimum absolute atomic E-state index is 0.0192. The Bertz CT molecular complexity index is 1290. The first-order valence-corrected chi connectivity index (χ1v) is 11.9. The summed E-state index contributed by atoms with van der Waals surface area (Å²) in [5.41, 5.74) is 2.65. The summed E-state index contributed by atoms with van der Waals surface area (Å²) in [6.07, 6.45) is 3.32. The Morgan fingerprint density at radius 3 is 2.85 bits per heavy atom. The molecule has 168 valence electrons. The van der Waals surface area contributed by atoms with Gasteiger partial charge in [-0.15, -0.1) is 0 Å². The average Bonchev–Trinajstić information content (AvgIpc) is 3.25. The Morgan fingerprint density at radius 2 is 2.03 bits per heavy atom. The van der Waals surface area contributed by atoms with Crippen molar-refractivity contribution < 1.29 is 9.53 Å². The van der Waals surface area contributed by atoms with E-state index in [2.05, 4.69) is 25.2 Å². The number of carbonyl (C=O) groups excluding carboxylic acids is 1. The normalized spacial score (nSPS) is 16.1. The number of carbonyl (C=O) groups is 1. The monoisotopic (exact) mass is 479 g/mol. The highest BCUT2D eigenvalue weighted by molar-refractivity contribution is 7.22. The van der Waals surface area contributed by atoms with Gasteiger partial charge in [0.05, 0.1) is 28.9 Å². The molecule has 1 aliphatic heterocycles. The van der Waals surface area contributed by atoms with Gasteiger partial charge in [-0.3, -0.25) is 4.79 Å². The predicted octanol–water partition coefficient (Wildman–Crippen LogP) is 5.27. The van der Waals surface area contributed by atoms with Gasteiger partial charge < -0.3 is 15.0 Å². The number of hydrogen-bond donors (Lipinski definition) is 1. The Kier molecular flexibility index (Phi) is 6.11. The maximum absolute atomic E-state index is 13.0. The maximum Gasteiger partial charge on any atom is 0.231 e. The molecule has 7 nitrogen and oxygen atoms in total. The van der Waals surface area contributed by atoms with Gasteiger partial charge in [0.25, 0.3) is 0 Å². The molecule has 1 N–H and O–H groups in total. The van der Waals surface area contributed by atoms with Crippen molar-refractivity contribution in [2.75, 3.05) is 30.4 Å². The third-order valence-electron chi connectivity index (χ3n) is 5.74. The zero-order valence-corrected chi connectivity index (χ0v) is 19.6. The second-order valence-electron chi connectivity index (χ2n) is 7.90. The first-order chi connectivity index (χ1) is 16.1. The van der Waals surface area contributed by atoms with Crippen LogP contribution in [0.2, 0.25) is 5.02 Å². The van der Waals surface area contributed by atoms with Gasteiger partial charge in [-0.2, -0.15) is 0 Å². The number of piperidine rings is 1. The fourth-order valence-electron chi connectivity index (χ4n) is 4.00. The van der Waals surface area contributed by atoms with E-state index in [1.165, 1.54) is 11.3 Å². The van der Waals surface area contributed by atoms with Crippen LogP contribution in [0.3, 0.4) is 0 Å². The van der Waals surface area contributed by atoms with E-state index in [1.54, 1.807) is 19.5 Å². The van der Waals surface area contributed by atoms with Crippen LogP contribution in [0.1, 0.15) is 12.8 Å². The molecule has 0 spiro atoms. The highest BCUT2D eigenvalue weighted by atomic mass is 35.5. The molecule has 0 aliphatic carbocycles. The molecule has 2 aromatic heterocycles. The molecular weight excluding hydrogens is 458 g/mol. The van der Waals surface area contributed by atoms with Crippen LogP contribution in [0.4, 0.5) is 10.9 Å². The minimum atomic E-state index is -0.145. The molecule has 0 saturated carbocycles. The summed E-state index contributed by atoms with van der Waals surface area (Å²) in [5, 5.41) is 4.25. The Balaban J connectivity index is 1.29. The molecule has 0 bridgehead atoms. The predicted molar refractivity (Wildman–Crippen MR) is 132 cm³/mol. The van der Waals surface area contributed by atoms with Crippen LogP contribution in [-0.4, -0.2) is 41.1 Å². The van der Waals surface area contributed by atoms with Gasteiger partial charge in [0, 0.05) is 29.7 Å². The van der Waals surface area contributed by atoms with Gasteiger partial charge >= 0.3 is 0 Å². The van der Waals surface area contributed by atoms with Crippen molar-refractivity contribution in [3.05, 3.63) is 59.9 Å². The number of nitrogens with one attached hydrogen (secondary N) is 1. The number of nitrogens with zero attached hydrogens (tertiary/aromatic N) is 4. The van der Waals surface area contributed by atoms with E-state index in [9.17, 15) is 4.79 Å². The number of rotatable bonds is 5. The minimum Gasteiger partial charge on any atom is -0.497 e. The van der Waals surface area contributed by atoms with Gasteiger partial charge in [0.1, 0.15) is 17.9 Å². The van der Waals surface area contributed by atoms with Crippen molar-refractivity contribution in [3.63, 3.8) is 0 Å². The number of ether oxygens (including phenoxy) is 1. The van der Waals surface area contributed by atoms with Crippen molar-refractivity contribution in [2.24, 2.45) is 5.92 Å². The van der Waals surface area contributed by atoms with Crippen LogP contribution in [0.5, 0.6) is 5.75 Å². The number of hydrogen-bond acceptors (Lipinski definition) is 7. The van der Waals surface area contributed by atoms with Crippen LogP contribution in [0.15, 0.2) is 54.9 Å². The molecule has 1 amide bonds. The maximum atomic E-state index is 13.0. The number of methoxy groups -OCH3 is 1. The van der Waals surface area contributed by atoms with E-state index in [-0.39, 0.29) is 11.8 Å². The highest BCUT2D eigenvalue weighted by Gasteiger charge is 2.27. The molecule has 1 fully saturated rings. The van der Waals surface area contributed by atoms with Crippen LogP contribution < -0.4 is 15.0 Å². The number of aromatic nitrogens is 3. The summed E-state index contributed by atoms with van der Waals surface area (Å²) in [5.74, 6) is 1.46. The van der Waals surface area contributed by atoms with Crippen LogP contribution in [-0.2, 0) is 4.79 Å². The fourth-order valence-corrected chi connectivity index (χ4v) is 5.14. The van der Waals surface area contributed by atoms with Gasteiger partial charge in [-0.1, -0.05) is 22.9 Å². The first-order valence-electron chi connectivity index (χ1n) is 10.7. The molecule has 1 atom stereocenters. The summed E-state index contributed by atoms with van der Waals surface area (Å²) in [6.45, 7) is 1.45. The van der Waals surface area contributed by atoms with E-state index in [0.29, 0.717) is 16.7 Å². The number of fused-ring (bicyclic) bond motifs is 1. The molecule has 33 heavy (non-hydrogen) atoms. The van der Waals surface area contributed by atoms with Crippen LogP contribution in [0, 0.1) is 5.92 Å².